The molecule has 5 heteroatoms. The van der Waals surface area contributed by atoms with E-state index in [1.54, 1.807) is 0 Å². The van der Waals surface area contributed by atoms with E-state index in [4.69, 9.17) is 0 Å². The van der Waals surface area contributed by atoms with Gasteiger partial charge in [-0.2, -0.15) is 5.10 Å². The molecular weight excluding hydrogens is 276 g/mol. The van der Waals surface area contributed by atoms with Gasteiger partial charge >= 0.3 is 0 Å². The average Bonchev–Trinajstić information content (AvgIpc) is 2.88. The lowest BCUT2D eigenvalue weighted by Gasteiger charge is -2.34. The Bertz CT molecular complexity index is 519. The number of amides is 1. The van der Waals surface area contributed by atoms with E-state index in [2.05, 4.69) is 33.0 Å². The Morgan fingerprint density at radius 3 is 2.86 bits per heavy atom. The maximum Gasteiger partial charge on any atom is 0.237 e. The van der Waals surface area contributed by atoms with E-state index in [0.717, 1.165) is 44.6 Å². The molecule has 1 saturated carbocycles. The molecular formula is C17H28N4O. The van der Waals surface area contributed by atoms with E-state index in [-0.39, 0.29) is 11.9 Å². The molecule has 22 heavy (non-hydrogen) atoms. The molecule has 1 unspecified atom stereocenters. The zero-order valence-corrected chi connectivity index (χ0v) is 13.8. The summed E-state index contributed by atoms with van der Waals surface area (Å²) in [6.45, 7) is 6.77. The van der Waals surface area contributed by atoms with Gasteiger partial charge in [0.15, 0.2) is 0 Å². The third kappa shape index (κ3) is 3.35. The minimum Gasteiger partial charge on any atom is -0.352 e. The molecule has 1 atom stereocenters. The topological polar surface area (TPSA) is 50.2 Å². The number of aromatic nitrogens is 2. The summed E-state index contributed by atoms with van der Waals surface area (Å²) < 4.78 is 2.08. The molecule has 0 bridgehead atoms. The normalized spacial score (nSPS) is 21.4. The van der Waals surface area contributed by atoms with E-state index < -0.39 is 0 Å². The molecule has 0 saturated heterocycles. The summed E-state index contributed by atoms with van der Waals surface area (Å²) in [5.41, 5.74) is 2.30. The predicted molar refractivity (Wildman–Crippen MR) is 86.5 cm³/mol. The maximum atomic E-state index is 12.7. The van der Waals surface area contributed by atoms with Gasteiger partial charge in [0, 0.05) is 19.1 Å². The van der Waals surface area contributed by atoms with Crippen LogP contribution in [0.2, 0.25) is 0 Å². The Morgan fingerprint density at radius 2 is 2.14 bits per heavy atom. The monoisotopic (exact) mass is 304 g/mol. The molecule has 0 radical (unpaired) electrons. The average molecular weight is 304 g/mol. The number of rotatable bonds is 4. The summed E-state index contributed by atoms with van der Waals surface area (Å²) in [5.74, 6) is 0.221. The first kappa shape index (κ1) is 15.5. The van der Waals surface area contributed by atoms with Crippen LogP contribution in [-0.2, 0) is 17.9 Å². The van der Waals surface area contributed by atoms with Crippen LogP contribution >= 0.6 is 0 Å². The lowest BCUT2D eigenvalue weighted by molar-refractivity contribution is -0.128. The first-order valence-corrected chi connectivity index (χ1v) is 8.75. The quantitative estimate of drug-likeness (QED) is 0.928. The first-order valence-electron chi connectivity index (χ1n) is 8.75. The lowest BCUT2D eigenvalue weighted by atomic mass is 9.95. The standard InChI is InChI=1S/C17H28N4O/c1-3-16(17(22)18-14-7-5-4-6-8-14)20-9-10-21-15(12-20)11-13(2)19-21/h11,14,16H,3-10,12H2,1-2H3,(H,18,22). The highest BCUT2D eigenvalue weighted by molar-refractivity contribution is 5.82. The fourth-order valence-electron chi connectivity index (χ4n) is 3.85. The highest BCUT2D eigenvalue weighted by Gasteiger charge is 2.29. The van der Waals surface area contributed by atoms with E-state index in [0.29, 0.717) is 6.04 Å². The van der Waals surface area contributed by atoms with Gasteiger partial charge in [0.2, 0.25) is 5.91 Å². The number of nitrogens with zero attached hydrogens (tertiary/aromatic N) is 3. The summed E-state index contributed by atoms with van der Waals surface area (Å²) in [5, 5.41) is 7.79. The molecule has 0 spiro atoms. The molecule has 1 aromatic heterocycles. The highest BCUT2D eigenvalue weighted by atomic mass is 16.2. The van der Waals surface area contributed by atoms with Crippen LogP contribution in [0, 0.1) is 6.92 Å². The Labute approximate surface area is 133 Å². The molecule has 5 nitrogen and oxygen atoms in total. The minimum absolute atomic E-state index is 0.00844. The van der Waals surface area contributed by atoms with Crippen molar-refractivity contribution in [1.82, 2.24) is 20.0 Å². The van der Waals surface area contributed by atoms with E-state index in [1.807, 2.05) is 6.92 Å². The predicted octanol–water partition coefficient (Wildman–Crippen LogP) is 2.23. The second-order valence-electron chi connectivity index (χ2n) is 6.74. The molecule has 3 rings (SSSR count). The van der Waals surface area contributed by atoms with Crippen molar-refractivity contribution < 1.29 is 4.79 Å². The van der Waals surface area contributed by atoms with Gasteiger partial charge in [-0.1, -0.05) is 26.2 Å². The van der Waals surface area contributed by atoms with Gasteiger partial charge in [-0.15, -0.1) is 0 Å². The van der Waals surface area contributed by atoms with Gasteiger partial charge in [0.05, 0.1) is 24.0 Å². The van der Waals surface area contributed by atoms with Gasteiger partial charge in [-0.25, -0.2) is 0 Å². The molecule has 0 aromatic carbocycles. The van der Waals surface area contributed by atoms with Crippen molar-refractivity contribution in [2.75, 3.05) is 6.54 Å². The molecule has 1 N–H and O–H groups in total. The smallest absolute Gasteiger partial charge is 0.237 e. The summed E-state index contributed by atoms with van der Waals surface area (Å²) >= 11 is 0. The van der Waals surface area contributed by atoms with Crippen LogP contribution in [0.1, 0.15) is 56.8 Å². The van der Waals surface area contributed by atoms with Gasteiger partial charge in [-0.05, 0) is 32.3 Å². The number of hydrogen-bond acceptors (Lipinski definition) is 3. The number of carbonyl (C=O) groups excluding carboxylic acids is 1. The minimum atomic E-state index is -0.00844. The van der Waals surface area contributed by atoms with E-state index in [1.165, 1.54) is 25.0 Å². The molecule has 2 heterocycles. The molecule has 122 valence electrons. The number of nitrogens with one attached hydrogen (secondary N) is 1. The van der Waals surface area contributed by atoms with Crippen LogP contribution in [0.15, 0.2) is 6.07 Å². The van der Waals surface area contributed by atoms with Crippen molar-refractivity contribution in [2.45, 2.75) is 77.5 Å². The Hall–Kier alpha value is -1.36. The number of carbonyl (C=O) groups is 1. The van der Waals surface area contributed by atoms with Crippen molar-refractivity contribution in [3.05, 3.63) is 17.5 Å². The van der Waals surface area contributed by atoms with Crippen molar-refractivity contribution in [2.24, 2.45) is 0 Å². The number of aryl methyl sites for hydroxylation is 1. The number of hydrogen-bond donors (Lipinski definition) is 1. The van der Waals surface area contributed by atoms with Gasteiger partial charge < -0.3 is 5.32 Å². The largest absolute Gasteiger partial charge is 0.352 e. The van der Waals surface area contributed by atoms with E-state index in [9.17, 15) is 4.79 Å². The van der Waals surface area contributed by atoms with E-state index >= 15 is 0 Å². The van der Waals surface area contributed by atoms with Crippen LogP contribution in [-0.4, -0.2) is 39.2 Å². The second kappa shape index (κ2) is 6.82. The molecule has 1 aliphatic heterocycles. The van der Waals surface area contributed by atoms with Crippen molar-refractivity contribution in [1.29, 1.82) is 0 Å². The Kier molecular flexibility index (Phi) is 4.81. The first-order chi connectivity index (χ1) is 10.7. The van der Waals surface area contributed by atoms with Gasteiger partial charge in [-0.3, -0.25) is 14.4 Å². The Balaban J connectivity index is 1.62. The SMILES string of the molecule is CCC(C(=O)NC1CCCCC1)N1CCn2nc(C)cc2C1. The maximum absolute atomic E-state index is 12.7. The summed E-state index contributed by atoms with van der Waals surface area (Å²) in [6.07, 6.45) is 6.99. The second-order valence-corrected chi connectivity index (χ2v) is 6.74. The van der Waals surface area contributed by atoms with Crippen molar-refractivity contribution in [3.8, 4) is 0 Å². The summed E-state index contributed by atoms with van der Waals surface area (Å²) in [6, 6.07) is 2.52. The highest BCUT2D eigenvalue weighted by Crippen LogP contribution is 2.20. The zero-order chi connectivity index (χ0) is 15.5. The van der Waals surface area contributed by atoms with Gasteiger partial charge in [0.1, 0.15) is 0 Å². The fourth-order valence-corrected chi connectivity index (χ4v) is 3.85. The summed E-state index contributed by atoms with van der Waals surface area (Å²) in [7, 11) is 0. The number of fused-ring (bicyclic) bond motifs is 1. The molecule has 1 fully saturated rings. The molecule has 1 amide bonds. The van der Waals surface area contributed by atoms with Gasteiger partial charge in [0.25, 0.3) is 0 Å². The molecule has 1 aromatic rings. The van der Waals surface area contributed by atoms with Crippen LogP contribution in [0.5, 0.6) is 0 Å². The van der Waals surface area contributed by atoms with Crippen LogP contribution in [0.3, 0.4) is 0 Å². The third-order valence-corrected chi connectivity index (χ3v) is 5.03. The van der Waals surface area contributed by atoms with Crippen molar-refractivity contribution in [3.63, 3.8) is 0 Å². The van der Waals surface area contributed by atoms with Crippen LogP contribution < -0.4 is 5.32 Å². The molecule has 1 aliphatic carbocycles. The molecule has 2 aliphatic rings. The fraction of sp³-hybridized carbons (Fsp3) is 0.765. The Morgan fingerprint density at radius 1 is 1.36 bits per heavy atom. The zero-order valence-electron chi connectivity index (χ0n) is 13.8. The van der Waals surface area contributed by atoms with Crippen molar-refractivity contribution >= 4 is 5.91 Å². The van der Waals surface area contributed by atoms with Crippen LogP contribution in [0.25, 0.3) is 0 Å². The third-order valence-electron chi connectivity index (χ3n) is 5.03. The lowest BCUT2D eigenvalue weighted by Crippen LogP contribution is -2.51. The summed E-state index contributed by atoms with van der Waals surface area (Å²) in [4.78, 5) is 15.0. The van der Waals surface area contributed by atoms with Crippen LogP contribution in [0.4, 0.5) is 0 Å².